The van der Waals surface area contributed by atoms with Crippen molar-refractivity contribution in [1.82, 2.24) is 15.0 Å². The molecule has 0 aliphatic rings. The highest BCUT2D eigenvalue weighted by Gasteiger charge is 2.07. The van der Waals surface area contributed by atoms with Crippen molar-refractivity contribution in [3.63, 3.8) is 0 Å². The van der Waals surface area contributed by atoms with Gasteiger partial charge in [0.25, 0.3) is 0 Å². The van der Waals surface area contributed by atoms with E-state index in [-0.39, 0.29) is 0 Å². The Morgan fingerprint density at radius 3 is 2.50 bits per heavy atom. The van der Waals surface area contributed by atoms with E-state index in [0.29, 0.717) is 23.9 Å². The van der Waals surface area contributed by atoms with Crippen molar-refractivity contribution in [2.45, 2.75) is 32.7 Å². The summed E-state index contributed by atoms with van der Waals surface area (Å²) in [7, 11) is 3.29. The Morgan fingerprint density at radius 2 is 1.94 bits per heavy atom. The number of nitrogens with zero attached hydrogens (tertiary/aromatic N) is 3. The number of anilines is 2. The van der Waals surface area contributed by atoms with Crippen LogP contribution in [0.15, 0.2) is 0 Å². The number of hydrogen-bond donors (Lipinski definition) is 2. The first-order chi connectivity index (χ1) is 7.69. The molecule has 1 aromatic rings. The molecule has 0 bridgehead atoms. The number of ether oxygens (including phenoxy) is 1. The third kappa shape index (κ3) is 3.52. The summed E-state index contributed by atoms with van der Waals surface area (Å²) >= 11 is 0. The normalized spacial score (nSPS) is 12.0. The van der Waals surface area contributed by atoms with Crippen LogP contribution in [0.2, 0.25) is 0 Å². The zero-order valence-electron chi connectivity index (χ0n) is 10.2. The summed E-state index contributed by atoms with van der Waals surface area (Å²) in [6, 6.07) is 0.646. The Bertz CT molecular complexity index is 309. The molecule has 6 heteroatoms. The molecule has 1 aromatic heterocycles. The lowest BCUT2D eigenvalue weighted by Gasteiger charge is -2.13. The van der Waals surface area contributed by atoms with Gasteiger partial charge in [-0.15, -0.1) is 0 Å². The van der Waals surface area contributed by atoms with Crippen LogP contribution in [-0.2, 0) is 0 Å². The SMILES string of the molecule is CCCC(C)Nc1nc(NC)nc(OC)n1. The predicted molar refractivity (Wildman–Crippen MR) is 63.9 cm³/mol. The molecule has 0 aliphatic heterocycles. The summed E-state index contributed by atoms with van der Waals surface area (Å²) in [5, 5.41) is 6.08. The van der Waals surface area contributed by atoms with Gasteiger partial charge in [-0.3, -0.25) is 0 Å². The zero-order valence-corrected chi connectivity index (χ0v) is 10.2. The third-order valence-corrected chi connectivity index (χ3v) is 2.12. The highest BCUT2D eigenvalue weighted by Crippen LogP contribution is 2.12. The molecule has 1 rings (SSSR count). The summed E-state index contributed by atoms with van der Waals surface area (Å²) in [5.74, 6) is 1.04. The molecule has 0 spiro atoms. The fourth-order valence-electron chi connectivity index (χ4n) is 1.35. The van der Waals surface area contributed by atoms with Gasteiger partial charge in [-0.2, -0.15) is 15.0 Å². The molecule has 0 saturated carbocycles. The van der Waals surface area contributed by atoms with Crippen molar-refractivity contribution in [2.75, 3.05) is 24.8 Å². The van der Waals surface area contributed by atoms with Crippen molar-refractivity contribution in [3.8, 4) is 6.01 Å². The topological polar surface area (TPSA) is 72.0 Å². The smallest absolute Gasteiger partial charge is 0.322 e. The molecule has 0 aliphatic carbocycles. The fourth-order valence-corrected chi connectivity index (χ4v) is 1.35. The van der Waals surface area contributed by atoms with E-state index in [1.807, 2.05) is 0 Å². The van der Waals surface area contributed by atoms with Gasteiger partial charge in [0.15, 0.2) is 0 Å². The minimum absolute atomic E-state index is 0.311. The second kappa shape index (κ2) is 6.09. The molecule has 1 heterocycles. The van der Waals surface area contributed by atoms with Crippen LogP contribution in [0.25, 0.3) is 0 Å². The Hall–Kier alpha value is -1.59. The van der Waals surface area contributed by atoms with Gasteiger partial charge in [0.05, 0.1) is 7.11 Å². The molecule has 2 N–H and O–H groups in total. The van der Waals surface area contributed by atoms with Crippen LogP contribution in [0.1, 0.15) is 26.7 Å². The van der Waals surface area contributed by atoms with Crippen LogP contribution in [0.4, 0.5) is 11.9 Å². The van der Waals surface area contributed by atoms with E-state index in [4.69, 9.17) is 4.74 Å². The Morgan fingerprint density at radius 1 is 1.25 bits per heavy atom. The van der Waals surface area contributed by atoms with Crippen LogP contribution >= 0.6 is 0 Å². The zero-order chi connectivity index (χ0) is 12.0. The van der Waals surface area contributed by atoms with Gasteiger partial charge >= 0.3 is 6.01 Å². The van der Waals surface area contributed by atoms with Crippen LogP contribution in [-0.4, -0.2) is 35.2 Å². The molecule has 0 amide bonds. The lowest BCUT2D eigenvalue weighted by Crippen LogP contribution is -2.17. The number of rotatable bonds is 6. The Kier molecular flexibility index (Phi) is 4.75. The van der Waals surface area contributed by atoms with Gasteiger partial charge in [-0.25, -0.2) is 0 Å². The second-order valence-electron chi connectivity index (χ2n) is 3.55. The van der Waals surface area contributed by atoms with E-state index in [1.54, 1.807) is 7.05 Å². The molecule has 90 valence electrons. The number of methoxy groups -OCH3 is 1. The first-order valence-corrected chi connectivity index (χ1v) is 5.44. The average molecular weight is 225 g/mol. The van der Waals surface area contributed by atoms with Crippen molar-refractivity contribution in [1.29, 1.82) is 0 Å². The third-order valence-electron chi connectivity index (χ3n) is 2.12. The molecular weight excluding hydrogens is 206 g/mol. The molecule has 16 heavy (non-hydrogen) atoms. The van der Waals surface area contributed by atoms with Crippen molar-refractivity contribution >= 4 is 11.9 Å². The van der Waals surface area contributed by atoms with Gasteiger partial charge in [0.1, 0.15) is 0 Å². The fraction of sp³-hybridized carbons (Fsp3) is 0.700. The highest BCUT2D eigenvalue weighted by atomic mass is 16.5. The van der Waals surface area contributed by atoms with E-state index in [9.17, 15) is 0 Å². The molecule has 0 saturated heterocycles. The molecule has 0 fully saturated rings. The minimum atomic E-state index is 0.311. The summed E-state index contributed by atoms with van der Waals surface area (Å²) in [4.78, 5) is 12.4. The van der Waals surface area contributed by atoms with Crippen LogP contribution < -0.4 is 15.4 Å². The Labute approximate surface area is 95.9 Å². The van der Waals surface area contributed by atoms with Crippen molar-refractivity contribution in [3.05, 3.63) is 0 Å². The van der Waals surface area contributed by atoms with E-state index < -0.39 is 0 Å². The van der Waals surface area contributed by atoms with E-state index in [2.05, 4.69) is 39.4 Å². The molecule has 6 nitrogen and oxygen atoms in total. The Balaban J connectivity index is 2.78. The van der Waals surface area contributed by atoms with Gasteiger partial charge < -0.3 is 15.4 Å². The van der Waals surface area contributed by atoms with E-state index in [0.717, 1.165) is 12.8 Å². The predicted octanol–water partition coefficient (Wildman–Crippen LogP) is 1.52. The second-order valence-corrected chi connectivity index (χ2v) is 3.55. The summed E-state index contributed by atoms with van der Waals surface area (Å²) in [6.07, 6.45) is 2.19. The van der Waals surface area contributed by atoms with Crippen LogP contribution in [0.3, 0.4) is 0 Å². The van der Waals surface area contributed by atoms with Gasteiger partial charge in [0.2, 0.25) is 11.9 Å². The van der Waals surface area contributed by atoms with Gasteiger partial charge in [0, 0.05) is 13.1 Å². The molecule has 1 unspecified atom stereocenters. The molecule has 0 radical (unpaired) electrons. The minimum Gasteiger partial charge on any atom is -0.467 e. The molecule has 0 aromatic carbocycles. The number of hydrogen-bond acceptors (Lipinski definition) is 6. The van der Waals surface area contributed by atoms with Gasteiger partial charge in [-0.05, 0) is 13.3 Å². The van der Waals surface area contributed by atoms with Crippen LogP contribution in [0, 0.1) is 0 Å². The van der Waals surface area contributed by atoms with Crippen molar-refractivity contribution < 1.29 is 4.74 Å². The quantitative estimate of drug-likeness (QED) is 0.765. The molecular formula is C10H19N5O. The largest absolute Gasteiger partial charge is 0.467 e. The van der Waals surface area contributed by atoms with Gasteiger partial charge in [-0.1, -0.05) is 13.3 Å². The van der Waals surface area contributed by atoms with Crippen LogP contribution in [0.5, 0.6) is 6.01 Å². The first kappa shape index (κ1) is 12.5. The monoisotopic (exact) mass is 225 g/mol. The standard InChI is InChI=1S/C10H19N5O/c1-5-6-7(2)12-9-13-8(11-3)14-10(15-9)16-4/h7H,5-6H2,1-4H3,(H2,11,12,13,14,15). The van der Waals surface area contributed by atoms with Crippen molar-refractivity contribution in [2.24, 2.45) is 0 Å². The summed E-state index contributed by atoms with van der Waals surface area (Å²) in [5.41, 5.74) is 0. The maximum atomic E-state index is 5.00. The first-order valence-electron chi connectivity index (χ1n) is 5.44. The summed E-state index contributed by atoms with van der Waals surface area (Å²) in [6.45, 7) is 4.24. The maximum Gasteiger partial charge on any atom is 0.322 e. The van der Waals surface area contributed by atoms with E-state index >= 15 is 0 Å². The van der Waals surface area contributed by atoms with E-state index in [1.165, 1.54) is 7.11 Å². The summed E-state index contributed by atoms with van der Waals surface area (Å²) < 4.78 is 5.00. The number of aromatic nitrogens is 3. The maximum absolute atomic E-state index is 5.00. The average Bonchev–Trinajstić information content (AvgIpc) is 2.28. The lowest BCUT2D eigenvalue weighted by atomic mass is 10.2. The number of nitrogens with one attached hydrogen (secondary N) is 2. The molecule has 1 atom stereocenters. The lowest BCUT2D eigenvalue weighted by molar-refractivity contribution is 0.379. The highest BCUT2D eigenvalue weighted by molar-refractivity contribution is 5.35.